The van der Waals surface area contributed by atoms with Crippen LogP contribution < -0.4 is 16.4 Å². The molecule has 0 aliphatic heterocycles. The number of guanidine groups is 1. The summed E-state index contributed by atoms with van der Waals surface area (Å²) in [6.07, 6.45) is 0.585. The number of anilines is 1. The Bertz CT molecular complexity index is 948. The van der Waals surface area contributed by atoms with Gasteiger partial charge < -0.3 is 21.1 Å². The number of aliphatic imine (C=N–C) groups is 2. The highest BCUT2D eigenvalue weighted by atomic mass is 19.1. The minimum Gasteiger partial charge on any atom is -0.444 e. The van der Waals surface area contributed by atoms with Crippen LogP contribution in [0.5, 0.6) is 0 Å². The van der Waals surface area contributed by atoms with E-state index < -0.39 is 23.3 Å². The van der Waals surface area contributed by atoms with E-state index in [1.54, 1.807) is 26.8 Å². The Balaban J connectivity index is 2.00. The lowest BCUT2D eigenvalue weighted by molar-refractivity contribution is 0.0523. The van der Waals surface area contributed by atoms with Crippen molar-refractivity contribution in [1.29, 1.82) is 0 Å². The summed E-state index contributed by atoms with van der Waals surface area (Å²) in [6.45, 7) is 7.54. The van der Waals surface area contributed by atoms with Crippen LogP contribution in [-0.4, -0.2) is 24.0 Å². The fraction of sp³-hybridized carbons (Fsp3) is 0.286. The molecule has 4 N–H and O–H groups in total. The molecular formula is C21H25F2N5O2. The molecule has 1 amide bonds. The lowest BCUT2D eigenvalue weighted by Gasteiger charge is -2.19. The Kier molecular flexibility index (Phi) is 7.46. The Morgan fingerprint density at radius 3 is 2.43 bits per heavy atom. The molecule has 2 aromatic carbocycles. The van der Waals surface area contributed by atoms with Crippen LogP contribution in [0.3, 0.4) is 0 Å². The van der Waals surface area contributed by atoms with Gasteiger partial charge in [0, 0.05) is 18.3 Å². The number of nitrogens with two attached hydrogens (primary N) is 1. The van der Waals surface area contributed by atoms with Crippen molar-refractivity contribution in [1.82, 2.24) is 5.32 Å². The van der Waals surface area contributed by atoms with Gasteiger partial charge in [0.2, 0.25) is 0 Å². The topological polar surface area (TPSA) is 101 Å². The van der Waals surface area contributed by atoms with E-state index in [0.29, 0.717) is 5.69 Å². The first kappa shape index (κ1) is 22.8. The largest absolute Gasteiger partial charge is 0.444 e. The van der Waals surface area contributed by atoms with E-state index in [0.717, 1.165) is 35.7 Å². The summed E-state index contributed by atoms with van der Waals surface area (Å²) < 4.78 is 31.5. The van der Waals surface area contributed by atoms with Crippen molar-refractivity contribution in [2.75, 3.05) is 5.32 Å². The molecule has 160 valence electrons. The highest BCUT2D eigenvalue weighted by Gasteiger charge is 2.15. The lowest BCUT2D eigenvalue weighted by atomic mass is 10.1. The van der Waals surface area contributed by atoms with E-state index in [-0.39, 0.29) is 18.2 Å². The van der Waals surface area contributed by atoms with Gasteiger partial charge in [-0.25, -0.2) is 23.6 Å². The fourth-order valence-electron chi connectivity index (χ4n) is 2.48. The van der Waals surface area contributed by atoms with Crippen molar-refractivity contribution >= 4 is 29.8 Å². The summed E-state index contributed by atoms with van der Waals surface area (Å²) in [5.74, 6) is -1.43. The zero-order valence-corrected chi connectivity index (χ0v) is 17.3. The molecule has 2 aromatic rings. The molecule has 0 bridgehead atoms. The summed E-state index contributed by atoms with van der Waals surface area (Å²) in [6, 6.07) is 8.46. The molecule has 0 saturated heterocycles. The van der Waals surface area contributed by atoms with Gasteiger partial charge in [-0.15, -0.1) is 0 Å². The molecule has 2 rings (SSSR count). The summed E-state index contributed by atoms with van der Waals surface area (Å²) in [4.78, 5) is 19.6. The van der Waals surface area contributed by atoms with Crippen LogP contribution in [0.1, 0.15) is 31.9 Å². The third-order valence-corrected chi connectivity index (χ3v) is 3.50. The van der Waals surface area contributed by atoms with E-state index >= 15 is 0 Å². The van der Waals surface area contributed by atoms with Crippen LogP contribution in [0, 0.1) is 18.6 Å². The fourth-order valence-corrected chi connectivity index (χ4v) is 2.48. The van der Waals surface area contributed by atoms with Crippen LogP contribution in [0.25, 0.3) is 0 Å². The van der Waals surface area contributed by atoms with Crippen LogP contribution in [0.15, 0.2) is 46.4 Å². The van der Waals surface area contributed by atoms with E-state index in [2.05, 4.69) is 20.6 Å². The summed E-state index contributed by atoms with van der Waals surface area (Å²) in [7, 11) is 0. The molecule has 0 atom stereocenters. The van der Waals surface area contributed by atoms with Crippen LogP contribution >= 0.6 is 0 Å². The van der Waals surface area contributed by atoms with E-state index in [1.807, 2.05) is 19.1 Å². The number of halogens is 2. The quantitative estimate of drug-likeness (QED) is 0.496. The van der Waals surface area contributed by atoms with Gasteiger partial charge in [0.25, 0.3) is 0 Å². The van der Waals surface area contributed by atoms with E-state index in [9.17, 15) is 13.6 Å². The number of carbonyl (C=O) groups excluding carboxylic acids is 1. The highest BCUT2D eigenvalue weighted by Crippen LogP contribution is 2.16. The van der Waals surface area contributed by atoms with Crippen molar-refractivity contribution in [2.24, 2.45) is 15.7 Å². The SMILES string of the molecule is Cc1cc(CNC(=O)OC(C)(C)C)cc(NC(N)=NC=Nc2cc(F)cc(F)c2)c1. The van der Waals surface area contributed by atoms with Gasteiger partial charge in [0.1, 0.15) is 23.6 Å². The number of carbonyl (C=O) groups is 1. The normalized spacial score (nSPS) is 12.1. The van der Waals surface area contributed by atoms with Gasteiger partial charge in [0.05, 0.1) is 5.69 Å². The van der Waals surface area contributed by atoms with Crippen molar-refractivity contribution in [3.63, 3.8) is 0 Å². The Morgan fingerprint density at radius 1 is 1.13 bits per heavy atom. The molecule has 0 fully saturated rings. The van der Waals surface area contributed by atoms with Crippen molar-refractivity contribution in [3.8, 4) is 0 Å². The number of aryl methyl sites for hydroxylation is 1. The lowest BCUT2D eigenvalue weighted by Crippen LogP contribution is -2.32. The number of alkyl carbamates (subject to hydrolysis) is 1. The average Bonchev–Trinajstić information content (AvgIpc) is 2.57. The van der Waals surface area contributed by atoms with Gasteiger partial charge in [-0.05, 0) is 63.1 Å². The Labute approximate surface area is 174 Å². The third-order valence-electron chi connectivity index (χ3n) is 3.50. The monoisotopic (exact) mass is 417 g/mol. The maximum Gasteiger partial charge on any atom is 0.407 e. The third kappa shape index (κ3) is 8.26. The van der Waals surface area contributed by atoms with Gasteiger partial charge in [-0.3, -0.25) is 0 Å². The van der Waals surface area contributed by atoms with Gasteiger partial charge in [0.15, 0.2) is 5.96 Å². The van der Waals surface area contributed by atoms with Crippen LogP contribution in [0.4, 0.5) is 25.0 Å². The first-order valence-electron chi connectivity index (χ1n) is 9.16. The standard InChI is InChI=1S/C21H25F2N5O2/c1-13-5-14(11-25-20(29)30-21(2,3)4)7-18(6-13)28-19(24)27-12-26-17-9-15(22)8-16(23)10-17/h5-10,12H,11H2,1-4H3,(H,25,29)(H3,24,26,27,28). The molecule has 30 heavy (non-hydrogen) atoms. The average molecular weight is 417 g/mol. The minimum absolute atomic E-state index is 0.0345. The number of ether oxygens (including phenoxy) is 1. The number of hydrogen-bond donors (Lipinski definition) is 3. The number of nitrogens with zero attached hydrogens (tertiary/aromatic N) is 2. The van der Waals surface area contributed by atoms with Gasteiger partial charge in [-0.1, -0.05) is 6.07 Å². The second-order valence-electron chi connectivity index (χ2n) is 7.57. The molecule has 0 unspecified atom stereocenters. The number of amides is 1. The summed E-state index contributed by atoms with van der Waals surface area (Å²) in [5, 5.41) is 5.59. The molecule has 0 aliphatic rings. The molecule has 0 aromatic heterocycles. The second kappa shape index (κ2) is 9.82. The van der Waals surface area contributed by atoms with Gasteiger partial charge in [-0.2, -0.15) is 0 Å². The molecule has 0 radical (unpaired) electrons. The highest BCUT2D eigenvalue weighted by molar-refractivity contribution is 5.96. The second-order valence-corrected chi connectivity index (χ2v) is 7.57. The number of hydrogen-bond acceptors (Lipinski definition) is 3. The van der Waals surface area contributed by atoms with E-state index in [4.69, 9.17) is 10.5 Å². The van der Waals surface area contributed by atoms with E-state index in [1.165, 1.54) is 0 Å². The van der Waals surface area contributed by atoms with Crippen molar-refractivity contribution < 1.29 is 18.3 Å². The first-order valence-corrected chi connectivity index (χ1v) is 9.16. The molecule has 0 aliphatic carbocycles. The number of nitrogens with one attached hydrogen (secondary N) is 2. The molecule has 0 spiro atoms. The predicted molar refractivity (Wildman–Crippen MR) is 114 cm³/mol. The molecule has 9 heteroatoms. The minimum atomic E-state index is -0.732. The molecular weight excluding hydrogens is 392 g/mol. The molecule has 0 saturated carbocycles. The summed E-state index contributed by atoms with van der Waals surface area (Å²) >= 11 is 0. The molecule has 7 nitrogen and oxygen atoms in total. The zero-order chi connectivity index (χ0) is 22.3. The maximum atomic E-state index is 13.1. The predicted octanol–water partition coefficient (Wildman–Crippen LogP) is 4.38. The van der Waals surface area contributed by atoms with Gasteiger partial charge >= 0.3 is 6.09 Å². The van der Waals surface area contributed by atoms with Crippen LogP contribution in [0.2, 0.25) is 0 Å². The maximum absolute atomic E-state index is 13.1. The first-order chi connectivity index (χ1) is 14.0. The zero-order valence-electron chi connectivity index (χ0n) is 17.3. The smallest absolute Gasteiger partial charge is 0.407 e. The Morgan fingerprint density at radius 2 is 1.80 bits per heavy atom. The molecule has 0 heterocycles. The summed E-state index contributed by atoms with van der Waals surface area (Å²) in [5.41, 5.74) is 7.76. The van der Waals surface area contributed by atoms with Crippen LogP contribution in [-0.2, 0) is 11.3 Å². The Hall–Kier alpha value is -3.49. The van der Waals surface area contributed by atoms with Crippen molar-refractivity contribution in [3.05, 3.63) is 59.2 Å². The number of benzene rings is 2. The van der Waals surface area contributed by atoms with Crippen molar-refractivity contribution in [2.45, 2.75) is 39.8 Å². The number of rotatable bonds is 5.